The number of aryl methyl sites for hydroxylation is 4. The zero-order valence-corrected chi connectivity index (χ0v) is 29.4. The Hall–Kier alpha value is -5.75. The number of hydrogen-bond acceptors (Lipinski definition) is 4. The van der Waals surface area contributed by atoms with Gasteiger partial charge in [0, 0.05) is 35.8 Å². The lowest BCUT2D eigenvalue weighted by Crippen LogP contribution is -2.31. The number of pyridine rings is 2. The largest absolute Gasteiger partial charge is 0.454 e. The number of fused-ring (bicyclic) bond motifs is 8. The molecule has 51 heavy (non-hydrogen) atoms. The van der Waals surface area contributed by atoms with Crippen LogP contribution in [0.1, 0.15) is 76.0 Å². The summed E-state index contributed by atoms with van der Waals surface area (Å²) in [6, 6.07) is 30.4. The molecule has 0 saturated heterocycles. The second-order valence-corrected chi connectivity index (χ2v) is 14.1. The van der Waals surface area contributed by atoms with Gasteiger partial charge in [-0.25, -0.2) is 9.55 Å². The zero-order chi connectivity index (χ0) is 40.3. The highest BCUT2D eigenvalue weighted by atomic mass is 16.3. The van der Waals surface area contributed by atoms with Gasteiger partial charge in [-0.2, -0.15) is 4.57 Å². The molecule has 0 aliphatic heterocycles. The molecule has 0 bridgehead atoms. The van der Waals surface area contributed by atoms with Crippen molar-refractivity contribution in [2.45, 2.75) is 60.2 Å². The zero-order valence-electron chi connectivity index (χ0n) is 35.4. The van der Waals surface area contributed by atoms with Gasteiger partial charge in [-0.3, -0.25) is 4.98 Å². The summed E-state index contributed by atoms with van der Waals surface area (Å²) < 4.78 is 68.9. The summed E-state index contributed by atoms with van der Waals surface area (Å²) in [7, 11) is 2.00. The molecule has 0 fully saturated rings. The van der Waals surface area contributed by atoms with E-state index in [1.807, 2.05) is 37.4 Å². The van der Waals surface area contributed by atoms with Gasteiger partial charge in [0.15, 0.2) is 22.2 Å². The summed E-state index contributed by atoms with van der Waals surface area (Å²) in [4.78, 5) is 9.52. The van der Waals surface area contributed by atoms with Gasteiger partial charge in [0.1, 0.15) is 16.8 Å². The quantitative estimate of drug-likeness (QED) is 0.170. The van der Waals surface area contributed by atoms with Crippen molar-refractivity contribution in [3.8, 4) is 28.2 Å². The minimum Gasteiger partial charge on any atom is -0.454 e. The molecule has 252 valence electrons. The van der Waals surface area contributed by atoms with Gasteiger partial charge < -0.3 is 8.83 Å². The summed E-state index contributed by atoms with van der Waals surface area (Å²) in [5.41, 5.74) is 8.81. The van der Waals surface area contributed by atoms with E-state index in [9.17, 15) is 0 Å². The number of imidazole rings is 1. The predicted octanol–water partition coefficient (Wildman–Crippen LogP) is 11.5. The number of hydrogen-bond donors (Lipinski definition) is 0. The minimum absolute atomic E-state index is 0.00223. The molecule has 0 atom stereocenters. The maximum atomic E-state index is 8.75. The molecule has 5 heterocycles. The fourth-order valence-corrected chi connectivity index (χ4v) is 7.89. The summed E-state index contributed by atoms with van der Waals surface area (Å²) in [6.45, 7) is 5.29. The normalized spacial score (nSPS) is 14.5. The van der Waals surface area contributed by atoms with Crippen molar-refractivity contribution in [2.24, 2.45) is 7.05 Å². The van der Waals surface area contributed by atoms with E-state index < -0.39 is 13.7 Å². The average molecular weight is 676 g/mol. The fourth-order valence-electron chi connectivity index (χ4n) is 7.89. The lowest BCUT2D eigenvalue weighted by Gasteiger charge is -2.21. The van der Waals surface area contributed by atoms with E-state index in [4.69, 9.17) is 22.0 Å². The van der Waals surface area contributed by atoms with E-state index in [1.165, 1.54) is 0 Å². The predicted molar refractivity (Wildman–Crippen MR) is 208 cm³/mol. The van der Waals surface area contributed by atoms with Crippen LogP contribution in [0.3, 0.4) is 0 Å². The standard InChI is InChI=1S/C45H41N4O2/c1-24(2)32-22-30(29-16-10-9-11-17-29)23-33(25(3)4)41(32)49-35-20-14-13-19-34(35)48(8)45(49)38-27(6)46-26(5)37-40-39-31-18-12-15-21-36(31)50-42(39)28(7)47-44(40)51-43(37)38/h9-25H,1-8H3/q+1/i5D3,7D3. The lowest BCUT2D eigenvalue weighted by molar-refractivity contribution is -0.633. The van der Waals surface area contributed by atoms with Crippen molar-refractivity contribution in [1.82, 2.24) is 14.5 Å². The van der Waals surface area contributed by atoms with Crippen LogP contribution < -0.4 is 4.57 Å². The second-order valence-electron chi connectivity index (χ2n) is 14.1. The SMILES string of the molecule is [2H]C([2H])([2H])c1nc2oc3c(-c4n(-c5c(C(C)C)cc(-c6ccccc6)cc5C(C)C)c5ccccc5[n+]4C)c(C)nc(C([2H])([2H])[2H])c3c2c2c1oc1ccccc12. The molecular weight excluding hydrogens is 629 g/mol. The van der Waals surface area contributed by atoms with Crippen LogP contribution in [0.25, 0.3) is 83.2 Å². The fraction of sp³-hybridized carbons (Fsp3) is 0.222. The average Bonchev–Trinajstić information content (AvgIpc) is 3.82. The van der Waals surface area contributed by atoms with Crippen LogP contribution in [-0.4, -0.2) is 14.5 Å². The molecule has 6 nitrogen and oxygen atoms in total. The number of para-hydroxylation sites is 3. The molecule has 6 heteroatoms. The monoisotopic (exact) mass is 675 g/mol. The van der Waals surface area contributed by atoms with Crippen LogP contribution in [-0.2, 0) is 7.05 Å². The van der Waals surface area contributed by atoms with Crippen molar-refractivity contribution in [3.63, 3.8) is 0 Å². The van der Waals surface area contributed by atoms with Crippen LogP contribution in [0.5, 0.6) is 0 Å². The maximum Gasteiger partial charge on any atom is 0.300 e. The first kappa shape index (κ1) is 25.2. The Kier molecular flexibility index (Phi) is 5.64. The van der Waals surface area contributed by atoms with Crippen LogP contribution in [0.2, 0.25) is 0 Å². The van der Waals surface area contributed by atoms with Gasteiger partial charge in [-0.1, -0.05) is 88.4 Å². The van der Waals surface area contributed by atoms with E-state index in [0.29, 0.717) is 33.0 Å². The van der Waals surface area contributed by atoms with Gasteiger partial charge in [-0.05, 0) is 73.9 Å². The smallest absolute Gasteiger partial charge is 0.300 e. The van der Waals surface area contributed by atoms with E-state index in [2.05, 4.69) is 90.3 Å². The number of benzene rings is 4. The first-order valence-corrected chi connectivity index (χ1v) is 17.4. The van der Waals surface area contributed by atoms with E-state index in [0.717, 1.165) is 44.8 Å². The second kappa shape index (κ2) is 11.4. The molecular formula is C45H41N4O2+. The topological polar surface area (TPSA) is 60.9 Å². The van der Waals surface area contributed by atoms with E-state index in [-0.39, 0.29) is 45.5 Å². The van der Waals surface area contributed by atoms with Crippen molar-refractivity contribution in [1.29, 1.82) is 0 Å². The Morgan fingerprint density at radius 2 is 1.37 bits per heavy atom. The molecule has 5 aromatic heterocycles. The van der Waals surface area contributed by atoms with Crippen molar-refractivity contribution >= 4 is 55.0 Å². The molecule has 0 saturated carbocycles. The highest BCUT2D eigenvalue weighted by Crippen LogP contribution is 2.46. The van der Waals surface area contributed by atoms with Crippen molar-refractivity contribution < 1.29 is 21.6 Å². The Morgan fingerprint density at radius 3 is 2.10 bits per heavy atom. The number of aromatic nitrogens is 4. The molecule has 0 aliphatic carbocycles. The summed E-state index contributed by atoms with van der Waals surface area (Å²) >= 11 is 0. The maximum absolute atomic E-state index is 8.75. The molecule has 0 unspecified atom stereocenters. The Balaban J connectivity index is 1.50. The number of nitrogens with zero attached hydrogens (tertiary/aromatic N) is 4. The molecule has 0 N–H and O–H groups in total. The molecule has 0 amide bonds. The van der Waals surface area contributed by atoms with Crippen LogP contribution in [0, 0.1) is 20.6 Å². The van der Waals surface area contributed by atoms with Gasteiger partial charge in [0.05, 0.1) is 29.2 Å². The summed E-state index contributed by atoms with van der Waals surface area (Å²) in [5, 5.41) is 1.64. The highest BCUT2D eigenvalue weighted by molar-refractivity contribution is 6.26. The number of rotatable bonds is 5. The molecule has 0 radical (unpaired) electrons. The first-order chi connectivity index (χ1) is 27.1. The van der Waals surface area contributed by atoms with E-state index >= 15 is 0 Å². The molecule has 4 aromatic carbocycles. The van der Waals surface area contributed by atoms with Crippen molar-refractivity contribution in [3.05, 3.63) is 119 Å². The van der Waals surface area contributed by atoms with Crippen LogP contribution in [0.15, 0.2) is 99.8 Å². The molecule has 9 aromatic rings. The van der Waals surface area contributed by atoms with Gasteiger partial charge in [0.2, 0.25) is 5.71 Å². The molecule has 9 rings (SSSR count). The van der Waals surface area contributed by atoms with Crippen LogP contribution in [0.4, 0.5) is 0 Å². The Bertz CT molecular complexity index is 3050. The molecule has 0 spiro atoms. The van der Waals surface area contributed by atoms with E-state index in [1.54, 1.807) is 19.1 Å². The molecule has 0 aliphatic rings. The summed E-state index contributed by atoms with van der Waals surface area (Å²) in [6.07, 6.45) is 0. The third kappa shape index (κ3) is 4.52. The highest BCUT2D eigenvalue weighted by Gasteiger charge is 2.35. The third-order valence-electron chi connectivity index (χ3n) is 10.2. The minimum atomic E-state index is -2.66. The van der Waals surface area contributed by atoms with Gasteiger partial charge >= 0.3 is 5.82 Å². The first-order valence-electron chi connectivity index (χ1n) is 20.4. The summed E-state index contributed by atoms with van der Waals surface area (Å²) in [5.74, 6) is 0.964. The van der Waals surface area contributed by atoms with Gasteiger partial charge in [0.25, 0.3) is 0 Å². The van der Waals surface area contributed by atoms with Crippen molar-refractivity contribution in [2.75, 3.05) is 0 Å². The third-order valence-corrected chi connectivity index (χ3v) is 10.2. The Morgan fingerprint density at radius 1 is 0.686 bits per heavy atom. The Labute approximate surface area is 305 Å². The van der Waals surface area contributed by atoms with Gasteiger partial charge in [-0.15, -0.1) is 0 Å². The lowest BCUT2D eigenvalue weighted by atomic mass is 9.88. The number of furan rings is 2. The van der Waals surface area contributed by atoms with Crippen LogP contribution >= 0.6 is 0 Å².